The summed E-state index contributed by atoms with van der Waals surface area (Å²) in [6.07, 6.45) is 0.782. The van der Waals surface area contributed by atoms with Crippen LogP contribution in [0.5, 0.6) is 0 Å². The number of benzene rings is 1. The molecule has 1 aromatic rings. The third kappa shape index (κ3) is 1.80. The standard InChI is InChI=1S/C12H12N2O3/c1-2-7-3-4-9-8(5-7)11(16)12(17)14(9)6-10(13)15/h3-5H,2,6H2,1H3,(H2,13,15). The molecule has 1 aliphatic heterocycles. The first-order valence-electron chi connectivity index (χ1n) is 5.32. The molecule has 5 nitrogen and oxygen atoms in total. The normalized spacial score (nSPS) is 14.1. The summed E-state index contributed by atoms with van der Waals surface area (Å²) in [7, 11) is 0. The third-order valence-electron chi connectivity index (χ3n) is 2.76. The number of hydrogen-bond donors (Lipinski definition) is 1. The van der Waals surface area contributed by atoms with Crippen LogP contribution in [0, 0.1) is 0 Å². The predicted molar refractivity (Wildman–Crippen MR) is 61.7 cm³/mol. The molecule has 5 heteroatoms. The molecule has 0 unspecified atom stereocenters. The van der Waals surface area contributed by atoms with Crippen molar-refractivity contribution >= 4 is 23.3 Å². The lowest BCUT2D eigenvalue weighted by molar-refractivity contribution is -0.119. The minimum absolute atomic E-state index is 0.261. The van der Waals surface area contributed by atoms with Gasteiger partial charge in [0.1, 0.15) is 6.54 Å². The number of fused-ring (bicyclic) bond motifs is 1. The van der Waals surface area contributed by atoms with E-state index in [0.717, 1.165) is 16.9 Å². The summed E-state index contributed by atoms with van der Waals surface area (Å²) in [5.41, 5.74) is 6.85. The highest BCUT2D eigenvalue weighted by molar-refractivity contribution is 6.52. The lowest BCUT2D eigenvalue weighted by Crippen LogP contribution is -2.37. The Kier molecular flexibility index (Phi) is 2.67. The average Bonchev–Trinajstić information content (AvgIpc) is 2.54. The first kappa shape index (κ1) is 11.3. The van der Waals surface area contributed by atoms with Crippen molar-refractivity contribution in [3.8, 4) is 0 Å². The Morgan fingerprint density at radius 3 is 2.65 bits per heavy atom. The van der Waals surface area contributed by atoms with E-state index >= 15 is 0 Å². The molecule has 2 amide bonds. The topological polar surface area (TPSA) is 80.5 Å². The summed E-state index contributed by atoms with van der Waals surface area (Å²) in [5, 5.41) is 0. The summed E-state index contributed by atoms with van der Waals surface area (Å²) in [5.74, 6) is -1.90. The second kappa shape index (κ2) is 4.01. The number of Topliss-reactive ketones (excluding diaryl/α,β-unsaturated/α-hetero) is 1. The van der Waals surface area contributed by atoms with Gasteiger partial charge in [-0.05, 0) is 24.1 Å². The molecule has 1 aromatic carbocycles. The number of anilines is 1. The highest BCUT2D eigenvalue weighted by Crippen LogP contribution is 2.29. The van der Waals surface area contributed by atoms with E-state index < -0.39 is 17.6 Å². The van der Waals surface area contributed by atoms with Gasteiger partial charge >= 0.3 is 0 Å². The molecule has 0 atom stereocenters. The van der Waals surface area contributed by atoms with Crippen LogP contribution in [0.1, 0.15) is 22.8 Å². The zero-order valence-corrected chi connectivity index (χ0v) is 9.40. The largest absolute Gasteiger partial charge is 0.368 e. The van der Waals surface area contributed by atoms with Crippen LogP contribution in [0.4, 0.5) is 5.69 Å². The van der Waals surface area contributed by atoms with Crippen molar-refractivity contribution in [3.63, 3.8) is 0 Å². The van der Waals surface area contributed by atoms with Gasteiger partial charge in [-0.25, -0.2) is 0 Å². The van der Waals surface area contributed by atoms with Gasteiger partial charge in [-0.2, -0.15) is 0 Å². The number of hydrogen-bond acceptors (Lipinski definition) is 3. The monoisotopic (exact) mass is 232 g/mol. The number of amides is 2. The highest BCUT2D eigenvalue weighted by Gasteiger charge is 2.36. The van der Waals surface area contributed by atoms with Gasteiger partial charge in [0.25, 0.3) is 11.7 Å². The first-order valence-corrected chi connectivity index (χ1v) is 5.32. The lowest BCUT2D eigenvalue weighted by Gasteiger charge is -2.13. The van der Waals surface area contributed by atoms with Crippen LogP contribution < -0.4 is 10.6 Å². The van der Waals surface area contributed by atoms with Crippen molar-refractivity contribution in [1.29, 1.82) is 0 Å². The van der Waals surface area contributed by atoms with Gasteiger partial charge in [0, 0.05) is 0 Å². The SMILES string of the molecule is CCc1ccc2c(c1)C(=O)C(=O)N2CC(N)=O. The highest BCUT2D eigenvalue weighted by atomic mass is 16.2. The van der Waals surface area contributed by atoms with E-state index in [1.807, 2.05) is 13.0 Å². The van der Waals surface area contributed by atoms with E-state index in [2.05, 4.69) is 0 Å². The molecule has 0 spiro atoms. The average molecular weight is 232 g/mol. The van der Waals surface area contributed by atoms with Gasteiger partial charge in [0.15, 0.2) is 0 Å². The lowest BCUT2D eigenvalue weighted by atomic mass is 10.1. The number of carbonyl (C=O) groups is 3. The zero-order valence-electron chi connectivity index (χ0n) is 9.40. The number of nitrogens with two attached hydrogens (primary N) is 1. The Labute approximate surface area is 98.2 Å². The molecule has 0 saturated heterocycles. The molecule has 2 rings (SSSR count). The molecule has 2 N–H and O–H groups in total. The molecule has 17 heavy (non-hydrogen) atoms. The van der Waals surface area contributed by atoms with Crippen molar-refractivity contribution in [2.24, 2.45) is 5.73 Å². The minimum Gasteiger partial charge on any atom is -0.368 e. The number of rotatable bonds is 3. The van der Waals surface area contributed by atoms with Crippen LogP contribution in [-0.2, 0) is 16.0 Å². The van der Waals surface area contributed by atoms with Gasteiger partial charge in [0.2, 0.25) is 5.91 Å². The maximum Gasteiger partial charge on any atom is 0.299 e. The molecule has 0 radical (unpaired) electrons. The molecular formula is C12H12N2O3. The van der Waals surface area contributed by atoms with E-state index in [1.165, 1.54) is 0 Å². The van der Waals surface area contributed by atoms with Crippen LogP contribution in [-0.4, -0.2) is 24.1 Å². The molecule has 0 aromatic heterocycles. The summed E-state index contributed by atoms with van der Waals surface area (Å²) < 4.78 is 0. The number of aryl methyl sites for hydroxylation is 1. The van der Waals surface area contributed by atoms with Crippen molar-refractivity contribution < 1.29 is 14.4 Å². The Balaban J connectivity index is 2.47. The molecule has 1 aliphatic rings. The van der Waals surface area contributed by atoms with E-state index in [1.54, 1.807) is 12.1 Å². The Bertz CT molecular complexity index is 522. The molecule has 1 heterocycles. The molecule has 88 valence electrons. The fraction of sp³-hybridized carbons (Fsp3) is 0.250. The molecule has 0 aliphatic carbocycles. The molecule has 0 bridgehead atoms. The maximum absolute atomic E-state index is 11.7. The number of carbonyl (C=O) groups excluding carboxylic acids is 3. The van der Waals surface area contributed by atoms with Crippen LogP contribution in [0.3, 0.4) is 0 Å². The summed E-state index contributed by atoms with van der Waals surface area (Å²) in [6, 6.07) is 5.20. The molecule has 0 fully saturated rings. The number of ketones is 1. The Morgan fingerprint density at radius 2 is 2.06 bits per heavy atom. The van der Waals surface area contributed by atoms with Crippen LogP contribution in [0.2, 0.25) is 0 Å². The van der Waals surface area contributed by atoms with Crippen LogP contribution in [0.15, 0.2) is 18.2 Å². The van der Waals surface area contributed by atoms with Crippen LogP contribution >= 0.6 is 0 Å². The minimum atomic E-state index is -0.688. The number of primary amides is 1. The number of nitrogens with zero attached hydrogens (tertiary/aromatic N) is 1. The van der Waals surface area contributed by atoms with Gasteiger partial charge in [0.05, 0.1) is 11.3 Å². The molecular weight excluding hydrogens is 220 g/mol. The Morgan fingerprint density at radius 1 is 1.35 bits per heavy atom. The summed E-state index contributed by atoms with van der Waals surface area (Å²) in [4.78, 5) is 35.4. The van der Waals surface area contributed by atoms with Crippen molar-refractivity contribution in [1.82, 2.24) is 0 Å². The van der Waals surface area contributed by atoms with Gasteiger partial charge < -0.3 is 5.73 Å². The Hall–Kier alpha value is -2.17. The van der Waals surface area contributed by atoms with Gasteiger partial charge in [-0.15, -0.1) is 0 Å². The van der Waals surface area contributed by atoms with Gasteiger partial charge in [-0.1, -0.05) is 13.0 Å². The summed E-state index contributed by atoms with van der Waals surface area (Å²) in [6.45, 7) is 1.70. The van der Waals surface area contributed by atoms with Crippen molar-refractivity contribution in [2.75, 3.05) is 11.4 Å². The maximum atomic E-state index is 11.7. The first-order chi connectivity index (χ1) is 8.04. The van der Waals surface area contributed by atoms with Gasteiger partial charge in [-0.3, -0.25) is 19.3 Å². The second-order valence-electron chi connectivity index (χ2n) is 3.89. The third-order valence-corrected chi connectivity index (χ3v) is 2.76. The summed E-state index contributed by atoms with van der Waals surface area (Å²) >= 11 is 0. The van der Waals surface area contributed by atoms with E-state index in [4.69, 9.17) is 5.73 Å². The fourth-order valence-electron chi connectivity index (χ4n) is 1.88. The van der Waals surface area contributed by atoms with Crippen molar-refractivity contribution in [2.45, 2.75) is 13.3 Å². The van der Waals surface area contributed by atoms with Crippen molar-refractivity contribution in [3.05, 3.63) is 29.3 Å². The van der Waals surface area contributed by atoms with Crippen LogP contribution in [0.25, 0.3) is 0 Å². The molecule has 0 saturated carbocycles. The quantitative estimate of drug-likeness (QED) is 0.759. The van der Waals surface area contributed by atoms with E-state index in [9.17, 15) is 14.4 Å². The smallest absolute Gasteiger partial charge is 0.299 e. The second-order valence-corrected chi connectivity index (χ2v) is 3.89. The zero-order chi connectivity index (χ0) is 12.6. The van der Waals surface area contributed by atoms with E-state index in [-0.39, 0.29) is 6.54 Å². The fourth-order valence-corrected chi connectivity index (χ4v) is 1.88. The predicted octanol–water partition coefficient (Wildman–Crippen LogP) is 0.264. The van der Waals surface area contributed by atoms with E-state index in [0.29, 0.717) is 11.3 Å².